The molecule has 2 aromatic rings. The van der Waals surface area contributed by atoms with Crippen LogP contribution in [0.4, 0.5) is 0 Å². The van der Waals surface area contributed by atoms with Crippen LogP contribution in [0, 0.1) is 0 Å². The van der Waals surface area contributed by atoms with E-state index in [-0.39, 0.29) is 5.91 Å². The maximum absolute atomic E-state index is 12.1. The lowest BCUT2D eigenvalue weighted by Gasteiger charge is -2.07. The highest BCUT2D eigenvalue weighted by Gasteiger charge is 2.01. The molecule has 0 unspecified atom stereocenters. The summed E-state index contributed by atoms with van der Waals surface area (Å²) in [6.45, 7) is 2.74. The number of ether oxygens (including phenoxy) is 1. The molecule has 1 amide bonds. The number of unbranched alkanes of at least 4 members (excludes halogenated alkanes) is 14. The highest BCUT2D eigenvalue weighted by Crippen LogP contribution is 2.16. The van der Waals surface area contributed by atoms with Crippen LogP contribution in [-0.4, -0.2) is 12.1 Å². The number of nitrogens with one attached hydrogen (secondary N) is 1. The van der Waals surface area contributed by atoms with Crippen molar-refractivity contribution in [1.82, 2.24) is 5.43 Å². The number of carbonyl (C=O) groups excluding carboxylic acids is 1. The van der Waals surface area contributed by atoms with Gasteiger partial charge in [0.15, 0.2) is 0 Å². The van der Waals surface area contributed by atoms with Crippen LogP contribution >= 0.6 is 11.6 Å². The van der Waals surface area contributed by atoms with Crippen molar-refractivity contribution in [2.24, 2.45) is 5.10 Å². The molecule has 0 saturated carbocycles. The average molecular weight is 527 g/mol. The van der Waals surface area contributed by atoms with Gasteiger partial charge in [-0.05, 0) is 41.8 Å². The van der Waals surface area contributed by atoms with Crippen LogP contribution in [0.5, 0.6) is 5.75 Å². The molecule has 0 radical (unpaired) electrons. The lowest BCUT2D eigenvalue weighted by atomic mass is 10.0. The van der Waals surface area contributed by atoms with E-state index >= 15 is 0 Å². The van der Waals surface area contributed by atoms with Crippen LogP contribution in [-0.2, 0) is 11.4 Å². The van der Waals surface area contributed by atoms with Crippen LogP contribution in [0.3, 0.4) is 0 Å². The van der Waals surface area contributed by atoms with Gasteiger partial charge in [-0.3, -0.25) is 4.79 Å². The molecule has 0 bridgehead atoms. The van der Waals surface area contributed by atoms with E-state index in [4.69, 9.17) is 16.3 Å². The Balaban J connectivity index is 1.45. The molecule has 37 heavy (non-hydrogen) atoms. The third-order valence-electron chi connectivity index (χ3n) is 6.59. The standard InChI is InChI=1S/C32H47ClN2O2/c1-2-3-4-5-6-7-8-9-10-11-12-13-14-15-16-20-32(36)35-34-26-29-18-17-19-31(25-29)37-27-28-21-23-30(33)24-22-28/h17-19,21-26H,2-16,20,27H2,1H3,(H,35,36)/b34-26-. The SMILES string of the molecule is CCCCCCCCCCCCCCCCCC(=O)N/N=C\c1cccc(OCc2ccc(Cl)cc2)c1. The first-order chi connectivity index (χ1) is 18.2. The molecule has 5 heteroatoms. The summed E-state index contributed by atoms with van der Waals surface area (Å²) in [6.07, 6.45) is 22.0. The Labute approximate surface area is 230 Å². The van der Waals surface area contributed by atoms with Crippen LogP contribution in [0.2, 0.25) is 5.02 Å². The summed E-state index contributed by atoms with van der Waals surface area (Å²) in [5, 5.41) is 4.82. The largest absolute Gasteiger partial charge is 0.489 e. The van der Waals surface area contributed by atoms with Crippen molar-refractivity contribution in [3.63, 3.8) is 0 Å². The predicted molar refractivity (Wildman–Crippen MR) is 158 cm³/mol. The normalized spacial score (nSPS) is 11.2. The third kappa shape index (κ3) is 16.2. The molecule has 0 aliphatic rings. The van der Waals surface area contributed by atoms with Gasteiger partial charge >= 0.3 is 0 Å². The number of halogens is 1. The summed E-state index contributed by atoms with van der Waals surface area (Å²) in [7, 11) is 0. The molecule has 0 spiro atoms. The van der Waals surface area contributed by atoms with Crippen LogP contribution in [0.25, 0.3) is 0 Å². The van der Waals surface area contributed by atoms with E-state index in [0.29, 0.717) is 18.1 Å². The van der Waals surface area contributed by atoms with E-state index in [1.165, 1.54) is 83.5 Å². The Bertz CT molecular complexity index is 883. The monoisotopic (exact) mass is 526 g/mol. The number of amides is 1. The molecule has 0 aliphatic carbocycles. The Kier molecular flexibility index (Phi) is 17.3. The molecule has 0 aliphatic heterocycles. The van der Waals surface area contributed by atoms with E-state index in [1.807, 2.05) is 48.5 Å². The first-order valence-electron chi connectivity index (χ1n) is 14.5. The van der Waals surface area contributed by atoms with Crippen molar-refractivity contribution >= 4 is 23.7 Å². The number of hydrogen-bond acceptors (Lipinski definition) is 3. The Morgan fingerprint density at radius 3 is 1.97 bits per heavy atom. The fourth-order valence-corrected chi connectivity index (χ4v) is 4.45. The summed E-state index contributed by atoms with van der Waals surface area (Å²) < 4.78 is 5.85. The van der Waals surface area contributed by atoms with Gasteiger partial charge in [-0.2, -0.15) is 5.10 Å². The third-order valence-corrected chi connectivity index (χ3v) is 6.84. The number of hydrogen-bond donors (Lipinski definition) is 1. The van der Waals surface area contributed by atoms with Gasteiger partial charge in [-0.15, -0.1) is 0 Å². The van der Waals surface area contributed by atoms with Gasteiger partial charge in [0, 0.05) is 11.4 Å². The molecular formula is C32H47ClN2O2. The summed E-state index contributed by atoms with van der Waals surface area (Å²) >= 11 is 5.92. The second kappa shape index (κ2) is 20.7. The predicted octanol–water partition coefficient (Wildman–Crippen LogP) is 9.63. The van der Waals surface area contributed by atoms with E-state index in [0.717, 1.165) is 29.7 Å². The fourth-order valence-electron chi connectivity index (χ4n) is 4.32. The van der Waals surface area contributed by atoms with E-state index in [2.05, 4.69) is 17.5 Å². The minimum atomic E-state index is -0.0268. The second-order valence-corrected chi connectivity index (χ2v) is 10.4. The highest BCUT2D eigenvalue weighted by atomic mass is 35.5. The molecule has 0 atom stereocenters. The molecular weight excluding hydrogens is 480 g/mol. The van der Waals surface area contributed by atoms with Crippen molar-refractivity contribution in [3.8, 4) is 5.75 Å². The Morgan fingerprint density at radius 2 is 1.38 bits per heavy atom. The molecule has 0 heterocycles. The molecule has 0 aromatic heterocycles. The lowest BCUT2D eigenvalue weighted by molar-refractivity contribution is -0.121. The van der Waals surface area contributed by atoms with E-state index < -0.39 is 0 Å². The lowest BCUT2D eigenvalue weighted by Crippen LogP contribution is -2.16. The summed E-state index contributed by atoms with van der Waals surface area (Å²) in [5.41, 5.74) is 4.57. The van der Waals surface area contributed by atoms with Gasteiger partial charge in [0.2, 0.25) is 5.91 Å². The number of nitrogens with zero attached hydrogens (tertiary/aromatic N) is 1. The highest BCUT2D eigenvalue weighted by molar-refractivity contribution is 6.30. The second-order valence-electron chi connectivity index (χ2n) is 9.98. The minimum Gasteiger partial charge on any atom is -0.489 e. The molecule has 4 nitrogen and oxygen atoms in total. The van der Waals surface area contributed by atoms with Gasteiger partial charge in [0.05, 0.1) is 6.21 Å². The summed E-state index contributed by atoms with van der Waals surface area (Å²) in [5.74, 6) is 0.726. The zero-order chi connectivity index (χ0) is 26.4. The number of hydrazone groups is 1. The molecule has 2 rings (SSSR count). The van der Waals surface area contributed by atoms with Crippen molar-refractivity contribution in [2.75, 3.05) is 0 Å². The molecule has 1 N–H and O–H groups in total. The van der Waals surface area contributed by atoms with Crippen molar-refractivity contribution in [3.05, 3.63) is 64.7 Å². The van der Waals surface area contributed by atoms with Crippen LogP contribution in [0.15, 0.2) is 53.6 Å². The molecule has 2 aromatic carbocycles. The van der Waals surface area contributed by atoms with Crippen molar-refractivity contribution in [2.45, 2.75) is 116 Å². The van der Waals surface area contributed by atoms with E-state index in [1.54, 1.807) is 6.21 Å². The van der Waals surface area contributed by atoms with Crippen molar-refractivity contribution in [1.29, 1.82) is 0 Å². The first-order valence-corrected chi connectivity index (χ1v) is 14.8. The summed E-state index contributed by atoms with van der Waals surface area (Å²) in [6, 6.07) is 15.2. The quantitative estimate of drug-likeness (QED) is 0.0999. The molecule has 0 saturated heterocycles. The minimum absolute atomic E-state index is 0.0268. The van der Waals surface area contributed by atoms with Gasteiger partial charge in [-0.1, -0.05) is 133 Å². The zero-order valence-corrected chi connectivity index (χ0v) is 23.6. The average Bonchev–Trinajstić information content (AvgIpc) is 2.91. The fraction of sp³-hybridized carbons (Fsp3) is 0.562. The van der Waals surface area contributed by atoms with Gasteiger partial charge in [-0.25, -0.2) is 5.43 Å². The first kappa shape index (κ1) is 30.9. The molecule has 204 valence electrons. The van der Waals surface area contributed by atoms with E-state index in [9.17, 15) is 4.79 Å². The van der Waals surface area contributed by atoms with Gasteiger partial charge in [0.1, 0.15) is 12.4 Å². The van der Waals surface area contributed by atoms with Crippen molar-refractivity contribution < 1.29 is 9.53 Å². The number of carbonyl (C=O) groups is 1. The van der Waals surface area contributed by atoms with Crippen LogP contribution in [0.1, 0.15) is 121 Å². The Morgan fingerprint density at radius 1 is 0.811 bits per heavy atom. The van der Waals surface area contributed by atoms with Crippen LogP contribution < -0.4 is 10.2 Å². The maximum Gasteiger partial charge on any atom is 0.240 e. The zero-order valence-electron chi connectivity index (χ0n) is 22.9. The molecule has 0 fully saturated rings. The number of benzene rings is 2. The van der Waals surface area contributed by atoms with Gasteiger partial charge in [0.25, 0.3) is 0 Å². The maximum atomic E-state index is 12.1. The number of rotatable bonds is 21. The topological polar surface area (TPSA) is 50.7 Å². The summed E-state index contributed by atoms with van der Waals surface area (Å²) in [4.78, 5) is 12.1. The Hall–Kier alpha value is -2.33. The smallest absolute Gasteiger partial charge is 0.240 e. The van der Waals surface area contributed by atoms with Gasteiger partial charge < -0.3 is 4.74 Å².